The number of rotatable bonds is 13. The number of nitrogens with one attached hydrogen (secondary N) is 2. The second-order valence-corrected chi connectivity index (χ2v) is 17.3. The molecule has 5 atom stereocenters. The number of aliphatic hydroxyl groups is 1. The number of ether oxygens (including phenoxy) is 1. The molecule has 8 rings (SSSR count). The van der Waals surface area contributed by atoms with Gasteiger partial charge in [-0.05, 0) is 85.7 Å². The number of fused-ring (bicyclic) bond motifs is 3. The molecule has 2 aromatic heterocycles. The van der Waals surface area contributed by atoms with Crippen LogP contribution in [0.15, 0.2) is 65.2 Å². The third-order valence-electron chi connectivity index (χ3n) is 12.7. The molecule has 4 aromatic rings. The smallest absolute Gasteiger partial charge is 0.254 e. The monoisotopic (exact) mass is 832 g/mol. The Kier molecular flexibility index (Phi) is 12.7. The molecule has 0 saturated carbocycles. The summed E-state index contributed by atoms with van der Waals surface area (Å²) in [4.78, 5) is 36.5. The van der Waals surface area contributed by atoms with Crippen LogP contribution in [0.3, 0.4) is 0 Å². The zero-order valence-electron chi connectivity index (χ0n) is 35.1. The number of likely N-dealkylation sites (tertiary alicyclic amines) is 2. The van der Waals surface area contributed by atoms with Crippen molar-refractivity contribution in [2.75, 3.05) is 75.7 Å². The van der Waals surface area contributed by atoms with Crippen LogP contribution >= 0.6 is 0 Å². The number of benzene rings is 2. The Morgan fingerprint density at radius 2 is 1.80 bits per heavy atom. The molecule has 4 aliphatic heterocycles. The zero-order chi connectivity index (χ0) is 42.6. The van der Waals surface area contributed by atoms with Gasteiger partial charge in [0.25, 0.3) is 5.88 Å². The molecule has 0 aliphatic carbocycles. The summed E-state index contributed by atoms with van der Waals surface area (Å²) in [6.45, 7) is 13.7. The fraction of sp³-hybridized carbons (Fsp3) is 0.511. The van der Waals surface area contributed by atoms with Gasteiger partial charge >= 0.3 is 0 Å². The molecule has 322 valence electrons. The van der Waals surface area contributed by atoms with Crippen LogP contribution in [0.25, 0.3) is 11.3 Å². The number of aromatic nitrogens is 3. The summed E-state index contributed by atoms with van der Waals surface area (Å²) < 4.78 is 11.7. The molecule has 61 heavy (non-hydrogen) atoms. The average Bonchev–Trinajstić information content (AvgIpc) is 3.90. The Balaban J connectivity index is 0.784. The molecule has 0 radical (unpaired) electrons. The van der Waals surface area contributed by atoms with Gasteiger partial charge in [0.2, 0.25) is 11.8 Å². The van der Waals surface area contributed by atoms with E-state index in [-0.39, 0.29) is 42.5 Å². The number of β-amino-alcohol motifs (C(OH)–C–C–N with tert-alkyl or cyclic N) is 1. The maximum absolute atomic E-state index is 14.1. The molecule has 16 nitrogen and oxygen atoms in total. The largest absolute Gasteiger partial charge is 0.507 e. The fourth-order valence-electron chi connectivity index (χ4n) is 9.32. The lowest BCUT2D eigenvalue weighted by atomic mass is 9.91. The van der Waals surface area contributed by atoms with Crippen LogP contribution in [0, 0.1) is 23.2 Å². The predicted octanol–water partition coefficient (Wildman–Crippen LogP) is 3.99. The number of carbonyl (C=O) groups is 2. The Hall–Kier alpha value is -5.76. The van der Waals surface area contributed by atoms with Crippen molar-refractivity contribution < 1.29 is 29.1 Å². The van der Waals surface area contributed by atoms with E-state index in [2.05, 4.69) is 46.8 Å². The quantitative estimate of drug-likeness (QED) is 0.151. The van der Waals surface area contributed by atoms with E-state index in [0.717, 1.165) is 82.3 Å². The molecule has 4 aliphatic rings. The van der Waals surface area contributed by atoms with Gasteiger partial charge in [-0.3, -0.25) is 19.4 Å². The van der Waals surface area contributed by atoms with E-state index in [1.165, 1.54) is 4.90 Å². The third kappa shape index (κ3) is 9.44. The van der Waals surface area contributed by atoms with Gasteiger partial charge in [0.05, 0.1) is 41.2 Å². The summed E-state index contributed by atoms with van der Waals surface area (Å²) in [5.74, 6) is 0.754. The van der Waals surface area contributed by atoms with Gasteiger partial charge in [0.1, 0.15) is 24.3 Å². The lowest BCUT2D eigenvalue weighted by Crippen LogP contribution is -2.58. The Bertz CT molecular complexity index is 2200. The molecular weight excluding hydrogens is 777 g/mol. The number of nitrogens with zero attached hydrogens (tertiary/aromatic N) is 8. The minimum Gasteiger partial charge on any atom is -0.507 e. The first kappa shape index (κ1) is 42.0. The van der Waals surface area contributed by atoms with Crippen molar-refractivity contribution in [2.24, 2.45) is 11.8 Å². The van der Waals surface area contributed by atoms with Gasteiger partial charge in [0.15, 0.2) is 11.6 Å². The Morgan fingerprint density at radius 3 is 2.56 bits per heavy atom. The number of piperazine rings is 1. The van der Waals surface area contributed by atoms with Crippen LogP contribution in [0.1, 0.15) is 68.9 Å². The summed E-state index contributed by atoms with van der Waals surface area (Å²) in [7, 11) is 0. The van der Waals surface area contributed by atoms with Gasteiger partial charge in [0, 0.05) is 63.9 Å². The van der Waals surface area contributed by atoms with Crippen molar-refractivity contribution in [3.63, 3.8) is 0 Å². The number of hydrogen-bond donors (Lipinski definition) is 4. The predicted molar refractivity (Wildman–Crippen MR) is 228 cm³/mol. The van der Waals surface area contributed by atoms with Crippen molar-refractivity contribution in [3.05, 3.63) is 77.6 Å². The summed E-state index contributed by atoms with van der Waals surface area (Å²) in [5.41, 5.74) is 3.75. The van der Waals surface area contributed by atoms with Crippen LogP contribution in [0.4, 0.5) is 11.5 Å². The van der Waals surface area contributed by atoms with E-state index in [1.54, 1.807) is 42.5 Å². The molecule has 16 heteroatoms. The summed E-state index contributed by atoms with van der Waals surface area (Å²) >= 11 is 0. The second-order valence-electron chi connectivity index (χ2n) is 17.3. The maximum Gasteiger partial charge on any atom is 0.254 e. The first-order valence-corrected chi connectivity index (χ1v) is 21.5. The van der Waals surface area contributed by atoms with Gasteiger partial charge in [-0.25, -0.2) is 0 Å². The number of piperidine rings is 1. The number of aromatic hydroxyl groups is 1. The Labute approximate surface area is 356 Å². The number of phenols is 1. The van der Waals surface area contributed by atoms with Crippen molar-refractivity contribution >= 4 is 23.3 Å². The molecule has 4 N–H and O–H groups in total. The molecular formula is C45H56N10O6. The van der Waals surface area contributed by atoms with E-state index < -0.39 is 18.1 Å². The number of amides is 2. The molecule has 6 heterocycles. The molecule has 0 bridgehead atoms. The van der Waals surface area contributed by atoms with E-state index in [1.807, 2.05) is 39.0 Å². The zero-order valence-corrected chi connectivity index (χ0v) is 35.1. The minimum atomic E-state index is -0.840. The lowest BCUT2D eigenvalue weighted by Gasteiger charge is -2.47. The number of hydrogen-bond acceptors (Lipinski definition) is 14. The van der Waals surface area contributed by atoms with Crippen LogP contribution in [-0.4, -0.2) is 136 Å². The third-order valence-corrected chi connectivity index (χ3v) is 12.7. The van der Waals surface area contributed by atoms with Crippen LogP contribution in [0.5, 0.6) is 11.6 Å². The molecule has 3 fully saturated rings. The molecule has 2 aromatic carbocycles. The first-order chi connectivity index (χ1) is 29.5. The van der Waals surface area contributed by atoms with Gasteiger partial charge in [-0.1, -0.05) is 38.1 Å². The number of para-hydroxylation sites is 1. The highest BCUT2D eigenvalue weighted by Gasteiger charge is 2.44. The minimum absolute atomic E-state index is 0.0445. The van der Waals surface area contributed by atoms with Gasteiger partial charge in [-0.2, -0.15) is 5.26 Å². The maximum atomic E-state index is 14.1. The highest BCUT2D eigenvalue weighted by Crippen LogP contribution is 2.37. The summed E-state index contributed by atoms with van der Waals surface area (Å²) in [6.07, 6.45) is 1.55. The number of aliphatic hydroxyl groups excluding tert-OH is 1. The highest BCUT2D eigenvalue weighted by atomic mass is 16.5. The normalized spacial score (nSPS) is 21.9. The van der Waals surface area contributed by atoms with E-state index >= 15 is 0 Å². The number of nitriles is 1. The topological polar surface area (TPSA) is 196 Å². The SMILES string of the molecule is CC(C)[C@@H](C(=O)N1C[C@H](O)C[C@H]1C(=O)N[C@@H](C)c1ccc(C#N)cc1)c1cc(OCCN2CCC(CN3CCN4c5cc(-c6ccccc6O)nnc5NC[C@H]4C3)CC2)no1. The number of phenolic OH excluding ortho intramolecular Hbond substituents is 1. The van der Waals surface area contributed by atoms with Crippen LogP contribution in [0.2, 0.25) is 0 Å². The van der Waals surface area contributed by atoms with E-state index in [4.69, 9.17) is 14.5 Å². The average molecular weight is 833 g/mol. The molecule has 3 saturated heterocycles. The standard InChI is InChI=1S/C45H56N10O6/c1-28(2)42(45(59)55-27-34(56)20-38(55)44(58)48-29(3)32-10-8-30(23-46)9-11-32)40-22-41(51-61-40)60-19-18-52-14-12-31(13-15-52)25-53-16-17-54-33(26-53)24-47-43-37(54)21-36(49-50-43)35-6-4-5-7-39(35)57/h4-11,21-22,28-29,31,33-34,38,42,56-57H,12-20,24-27H2,1-3H3,(H,47,50)(H,48,58)/t29-,33-,34+,38-,42+/m0/s1. The van der Waals surface area contributed by atoms with Crippen molar-refractivity contribution in [2.45, 2.75) is 70.2 Å². The Morgan fingerprint density at radius 1 is 1.02 bits per heavy atom. The number of carbonyl (C=O) groups excluding carboxylic acids is 2. The van der Waals surface area contributed by atoms with E-state index in [0.29, 0.717) is 47.0 Å². The fourth-order valence-corrected chi connectivity index (χ4v) is 9.32. The highest BCUT2D eigenvalue weighted by molar-refractivity contribution is 5.91. The summed E-state index contributed by atoms with van der Waals surface area (Å²) in [6, 6.07) is 19.2. The van der Waals surface area contributed by atoms with Gasteiger partial charge in [-0.15, -0.1) is 10.2 Å². The summed E-state index contributed by atoms with van der Waals surface area (Å²) in [5, 5.41) is 49.6. The molecule has 0 spiro atoms. The molecule has 0 unspecified atom stereocenters. The van der Waals surface area contributed by atoms with E-state index in [9.17, 15) is 19.8 Å². The van der Waals surface area contributed by atoms with Crippen molar-refractivity contribution in [1.29, 1.82) is 5.26 Å². The van der Waals surface area contributed by atoms with Crippen molar-refractivity contribution in [3.8, 4) is 29.0 Å². The second kappa shape index (κ2) is 18.5. The van der Waals surface area contributed by atoms with Crippen LogP contribution < -0.4 is 20.3 Å². The van der Waals surface area contributed by atoms with Crippen molar-refractivity contribution in [1.82, 2.24) is 35.4 Å². The lowest BCUT2D eigenvalue weighted by molar-refractivity contribution is -0.141. The van der Waals surface area contributed by atoms with Crippen LogP contribution in [-0.2, 0) is 9.59 Å². The first-order valence-electron chi connectivity index (χ1n) is 21.5. The number of anilines is 2. The van der Waals surface area contributed by atoms with Gasteiger partial charge < -0.3 is 39.9 Å². The molecule has 2 amide bonds.